The zero-order chi connectivity index (χ0) is 34.4. The second kappa shape index (κ2) is 11.0. The molecule has 3 aromatic heterocycles. The van der Waals surface area contributed by atoms with Crippen molar-refractivity contribution in [1.82, 2.24) is 15.0 Å². The van der Waals surface area contributed by atoms with Crippen molar-refractivity contribution in [3.05, 3.63) is 138 Å². The summed E-state index contributed by atoms with van der Waals surface area (Å²) in [6, 6.07) is 43.8. The van der Waals surface area contributed by atoms with Gasteiger partial charge in [-0.15, -0.1) is 0 Å². The molecule has 1 saturated carbocycles. The van der Waals surface area contributed by atoms with E-state index in [1.165, 1.54) is 28.7 Å². The Morgan fingerprint density at radius 3 is 1.54 bits per heavy atom. The average molecular weight is 671 g/mol. The van der Waals surface area contributed by atoms with Gasteiger partial charge in [-0.2, -0.15) is 5.26 Å². The van der Waals surface area contributed by atoms with Crippen LogP contribution < -0.4 is 0 Å². The van der Waals surface area contributed by atoms with Gasteiger partial charge in [0.05, 0.1) is 11.6 Å². The Morgan fingerprint density at radius 2 is 0.962 bits per heavy atom. The SMILES string of the molecule is N#Cc1ccc2c(c1)C1(CCCCC1)c1cc(-c3nc(-c4ccc5c(c4)oc4ccccc45)nc(-c4ccc5c(c4)oc4ccccc45)n3)ccc1-2. The molecular weight excluding hydrogens is 641 g/mol. The standard InChI is InChI=1S/C46H30N4O2/c47-26-27-12-16-31-32-17-13-28(23-38(32)46(37(31)22-27)20-6-1-7-21-46)43-48-44(29-14-18-35-33-8-2-4-10-39(33)51-41(35)24-29)50-45(49-43)30-15-19-36-34-9-3-5-11-40(34)52-42(36)25-30/h2-5,8-19,22-25H,1,6-7,20-21H2. The summed E-state index contributed by atoms with van der Waals surface area (Å²) in [5, 5.41) is 14.1. The molecule has 3 heterocycles. The molecule has 52 heavy (non-hydrogen) atoms. The lowest BCUT2D eigenvalue weighted by Gasteiger charge is -2.36. The van der Waals surface area contributed by atoms with Crippen molar-refractivity contribution in [3.8, 4) is 51.4 Å². The van der Waals surface area contributed by atoms with E-state index < -0.39 is 0 Å². The maximum Gasteiger partial charge on any atom is 0.164 e. The Kier molecular flexibility index (Phi) is 6.15. The van der Waals surface area contributed by atoms with E-state index in [9.17, 15) is 5.26 Å². The minimum absolute atomic E-state index is 0.122. The Hall–Kier alpha value is -6.58. The van der Waals surface area contributed by atoms with Crippen molar-refractivity contribution in [2.75, 3.05) is 0 Å². The molecule has 246 valence electrons. The molecule has 0 N–H and O–H groups in total. The van der Waals surface area contributed by atoms with Gasteiger partial charge in [0.2, 0.25) is 0 Å². The number of furan rings is 2. The maximum absolute atomic E-state index is 9.81. The molecule has 0 saturated heterocycles. The highest BCUT2D eigenvalue weighted by Gasteiger charge is 2.44. The van der Waals surface area contributed by atoms with Gasteiger partial charge < -0.3 is 8.83 Å². The maximum atomic E-state index is 9.81. The van der Waals surface area contributed by atoms with Crippen LogP contribution in [0.4, 0.5) is 0 Å². The van der Waals surface area contributed by atoms with Crippen LogP contribution in [0, 0.1) is 11.3 Å². The molecule has 0 radical (unpaired) electrons. The highest BCUT2D eigenvalue weighted by Crippen LogP contribution is 2.56. The van der Waals surface area contributed by atoms with Crippen LogP contribution in [0.5, 0.6) is 0 Å². The monoisotopic (exact) mass is 670 g/mol. The molecule has 2 aliphatic rings. The molecule has 9 aromatic rings. The molecule has 1 spiro atoms. The second-order valence-corrected chi connectivity index (χ2v) is 14.2. The number of hydrogen-bond acceptors (Lipinski definition) is 6. The molecule has 0 unspecified atom stereocenters. The highest BCUT2D eigenvalue weighted by molar-refractivity contribution is 6.06. The van der Waals surface area contributed by atoms with E-state index in [-0.39, 0.29) is 5.41 Å². The van der Waals surface area contributed by atoms with Crippen molar-refractivity contribution >= 4 is 43.9 Å². The van der Waals surface area contributed by atoms with Crippen LogP contribution in [0.15, 0.2) is 130 Å². The van der Waals surface area contributed by atoms with Crippen LogP contribution >= 0.6 is 0 Å². The van der Waals surface area contributed by atoms with Crippen LogP contribution in [-0.2, 0) is 5.41 Å². The summed E-state index contributed by atoms with van der Waals surface area (Å²) in [5.41, 5.74) is 11.6. The molecular formula is C46H30N4O2. The zero-order valence-corrected chi connectivity index (χ0v) is 28.2. The predicted molar refractivity (Wildman–Crippen MR) is 205 cm³/mol. The first-order chi connectivity index (χ1) is 25.6. The molecule has 0 atom stereocenters. The lowest BCUT2D eigenvalue weighted by Crippen LogP contribution is -2.28. The zero-order valence-electron chi connectivity index (χ0n) is 28.2. The third kappa shape index (κ3) is 4.26. The van der Waals surface area contributed by atoms with Crippen LogP contribution in [0.3, 0.4) is 0 Å². The van der Waals surface area contributed by atoms with Crippen LogP contribution in [-0.4, -0.2) is 15.0 Å². The van der Waals surface area contributed by atoms with Gasteiger partial charge >= 0.3 is 0 Å². The molecule has 0 bridgehead atoms. The fraction of sp³-hybridized carbons (Fsp3) is 0.130. The molecule has 1 fully saturated rings. The minimum atomic E-state index is -0.122. The van der Waals surface area contributed by atoms with Gasteiger partial charge in [-0.05, 0) is 89.7 Å². The third-order valence-corrected chi connectivity index (χ3v) is 11.4. The number of rotatable bonds is 3. The molecule has 11 rings (SSSR count). The minimum Gasteiger partial charge on any atom is -0.456 e. The lowest BCUT2D eigenvalue weighted by atomic mass is 9.67. The molecule has 2 aliphatic carbocycles. The number of fused-ring (bicyclic) bond motifs is 11. The topological polar surface area (TPSA) is 88.7 Å². The Morgan fingerprint density at radius 1 is 0.481 bits per heavy atom. The fourth-order valence-electron chi connectivity index (χ4n) is 8.89. The molecule has 6 nitrogen and oxygen atoms in total. The third-order valence-electron chi connectivity index (χ3n) is 11.4. The first kappa shape index (κ1) is 29.2. The summed E-state index contributed by atoms with van der Waals surface area (Å²) in [6.07, 6.45) is 5.68. The van der Waals surface area contributed by atoms with Crippen LogP contribution in [0.2, 0.25) is 0 Å². The highest BCUT2D eigenvalue weighted by atomic mass is 16.3. The smallest absolute Gasteiger partial charge is 0.164 e. The van der Waals surface area contributed by atoms with E-state index in [1.807, 2.05) is 54.6 Å². The summed E-state index contributed by atoms with van der Waals surface area (Å²) in [7, 11) is 0. The predicted octanol–water partition coefficient (Wildman–Crippen LogP) is 11.8. The lowest BCUT2D eigenvalue weighted by molar-refractivity contribution is 0.353. The van der Waals surface area contributed by atoms with E-state index >= 15 is 0 Å². The first-order valence-corrected chi connectivity index (χ1v) is 17.9. The number of nitriles is 1. The number of nitrogens with zero attached hydrogens (tertiary/aromatic N) is 4. The molecule has 0 aliphatic heterocycles. The van der Waals surface area contributed by atoms with Crippen LogP contribution in [0.25, 0.3) is 89.2 Å². The van der Waals surface area contributed by atoms with Crippen molar-refractivity contribution in [2.45, 2.75) is 37.5 Å². The van der Waals surface area contributed by atoms with Gasteiger partial charge in [0, 0.05) is 43.7 Å². The van der Waals surface area contributed by atoms with Gasteiger partial charge in [0.15, 0.2) is 17.5 Å². The van der Waals surface area contributed by atoms with Gasteiger partial charge in [-0.3, -0.25) is 0 Å². The van der Waals surface area contributed by atoms with E-state index in [2.05, 4.69) is 72.8 Å². The van der Waals surface area contributed by atoms with Gasteiger partial charge in [-0.1, -0.05) is 86.0 Å². The van der Waals surface area contributed by atoms with E-state index in [1.54, 1.807) is 0 Å². The number of hydrogen-bond donors (Lipinski definition) is 0. The Labute approximate surface area is 299 Å². The Bertz CT molecular complexity index is 2840. The second-order valence-electron chi connectivity index (χ2n) is 14.2. The van der Waals surface area contributed by atoms with E-state index in [0.717, 1.165) is 86.3 Å². The number of aromatic nitrogens is 3. The molecule has 6 aromatic carbocycles. The fourth-order valence-corrected chi connectivity index (χ4v) is 8.89. The van der Waals surface area contributed by atoms with Crippen LogP contribution in [0.1, 0.15) is 48.8 Å². The summed E-state index contributed by atoms with van der Waals surface area (Å²) >= 11 is 0. The molecule has 0 amide bonds. The normalized spacial score (nSPS) is 14.7. The Balaban J connectivity index is 1.11. The van der Waals surface area contributed by atoms with Crippen molar-refractivity contribution in [1.29, 1.82) is 5.26 Å². The summed E-state index contributed by atoms with van der Waals surface area (Å²) in [4.78, 5) is 15.4. The summed E-state index contributed by atoms with van der Waals surface area (Å²) < 4.78 is 12.6. The van der Waals surface area contributed by atoms with E-state index in [4.69, 9.17) is 23.8 Å². The van der Waals surface area contributed by atoms with Crippen molar-refractivity contribution in [3.63, 3.8) is 0 Å². The first-order valence-electron chi connectivity index (χ1n) is 17.9. The molecule has 6 heteroatoms. The van der Waals surface area contributed by atoms with Crippen molar-refractivity contribution < 1.29 is 8.83 Å². The van der Waals surface area contributed by atoms with Gasteiger partial charge in [-0.25, -0.2) is 15.0 Å². The number of para-hydroxylation sites is 2. The quantitative estimate of drug-likeness (QED) is 0.186. The van der Waals surface area contributed by atoms with Gasteiger partial charge in [0.25, 0.3) is 0 Å². The van der Waals surface area contributed by atoms with E-state index in [0.29, 0.717) is 23.0 Å². The van der Waals surface area contributed by atoms with Gasteiger partial charge in [0.1, 0.15) is 22.3 Å². The largest absolute Gasteiger partial charge is 0.456 e. The summed E-state index contributed by atoms with van der Waals surface area (Å²) in [6.45, 7) is 0. The number of benzene rings is 6. The average Bonchev–Trinajstić information content (AvgIpc) is 3.85. The summed E-state index contributed by atoms with van der Waals surface area (Å²) in [5.74, 6) is 1.75. The van der Waals surface area contributed by atoms with Crippen molar-refractivity contribution in [2.24, 2.45) is 0 Å².